The van der Waals surface area contributed by atoms with Gasteiger partial charge in [-0.15, -0.1) is 10.2 Å². The lowest BCUT2D eigenvalue weighted by molar-refractivity contribution is -0.122. The van der Waals surface area contributed by atoms with Gasteiger partial charge in [-0.1, -0.05) is 60.7 Å². The highest BCUT2D eigenvalue weighted by molar-refractivity contribution is 5.97. The Balaban J connectivity index is 0.919. The zero-order valence-electron chi connectivity index (χ0n) is 30.3. The number of anilines is 2. The highest BCUT2D eigenvalue weighted by atomic mass is 16.6. The first-order valence-corrected chi connectivity index (χ1v) is 18.5. The maximum atomic E-state index is 13.3. The molecule has 7 rings (SSSR count). The molecule has 0 saturated carbocycles. The summed E-state index contributed by atoms with van der Waals surface area (Å²) in [4.78, 5) is 55.4. The van der Waals surface area contributed by atoms with E-state index in [1.165, 1.54) is 9.80 Å². The molecule has 55 heavy (non-hydrogen) atoms. The van der Waals surface area contributed by atoms with Gasteiger partial charge in [-0.2, -0.15) is 0 Å². The van der Waals surface area contributed by atoms with E-state index in [2.05, 4.69) is 20.8 Å². The lowest BCUT2D eigenvalue weighted by atomic mass is 10.0. The van der Waals surface area contributed by atoms with Crippen LogP contribution in [0.2, 0.25) is 0 Å². The predicted octanol–water partition coefficient (Wildman–Crippen LogP) is 7.66. The number of benzene rings is 4. The largest absolute Gasteiger partial charge is 0.445 e. The maximum Gasteiger partial charge on any atom is 0.410 e. The van der Waals surface area contributed by atoms with Crippen molar-refractivity contribution in [3.05, 3.63) is 120 Å². The Kier molecular flexibility index (Phi) is 11.8. The van der Waals surface area contributed by atoms with Gasteiger partial charge in [0.2, 0.25) is 23.6 Å². The van der Waals surface area contributed by atoms with E-state index in [0.717, 1.165) is 36.8 Å². The summed E-state index contributed by atoms with van der Waals surface area (Å²) >= 11 is 0. The van der Waals surface area contributed by atoms with E-state index >= 15 is 0 Å². The Bertz CT molecular complexity index is 1930. The number of hydrogen-bond acceptors (Lipinski definition) is 9. The zero-order chi connectivity index (χ0) is 38.0. The SMILES string of the molecule is O=C(Nc1ccc(-c2nnc(-c3ccc(NC(=O)[C@H]4CCCCN4C(=O)OCc4ccccc4)cc3)o2)cc1)[C@H]1CCCCN1C(=O)OCc1ccccc1. The average molecular weight is 743 g/mol. The third-order valence-corrected chi connectivity index (χ3v) is 9.71. The number of aromatic nitrogens is 2. The average Bonchev–Trinajstić information content (AvgIpc) is 3.74. The number of carbonyl (C=O) groups is 4. The number of amides is 4. The topological polar surface area (TPSA) is 156 Å². The first kappa shape index (κ1) is 36.8. The molecule has 2 atom stereocenters. The summed E-state index contributed by atoms with van der Waals surface area (Å²) in [6.45, 7) is 1.19. The van der Waals surface area contributed by atoms with Gasteiger partial charge >= 0.3 is 12.2 Å². The van der Waals surface area contributed by atoms with Crippen molar-refractivity contribution in [2.45, 2.75) is 63.8 Å². The van der Waals surface area contributed by atoms with E-state index in [9.17, 15) is 19.2 Å². The number of rotatable bonds is 10. The first-order valence-electron chi connectivity index (χ1n) is 18.5. The molecule has 0 spiro atoms. The first-order chi connectivity index (χ1) is 26.9. The van der Waals surface area contributed by atoms with Crippen LogP contribution in [-0.2, 0) is 32.3 Å². The summed E-state index contributed by atoms with van der Waals surface area (Å²) in [5.41, 5.74) is 4.20. The van der Waals surface area contributed by atoms with Crippen molar-refractivity contribution < 1.29 is 33.1 Å². The molecule has 1 aromatic heterocycles. The quantitative estimate of drug-likeness (QED) is 0.147. The summed E-state index contributed by atoms with van der Waals surface area (Å²) in [6.07, 6.45) is 3.38. The van der Waals surface area contributed by atoms with Crippen LogP contribution in [0.5, 0.6) is 0 Å². The number of piperidine rings is 2. The van der Waals surface area contributed by atoms with Crippen LogP contribution in [0.3, 0.4) is 0 Å². The molecule has 4 amide bonds. The fraction of sp³-hybridized carbons (Fsp3) is 0.286. The van der Waals surface area contributed by atoms with Crippen LogP contribution in [0.1, 0.15) is 49.7 Å². The minimum absolute atomic E-state index is 0.142. The van der Waals surface area contributed by atoms with Crippen LogP contribution >= 0.6 is 0 Å². The second-order valence-electron chi connectivity index (χ2n) is 13.5. The van der Waals surface area contributed by atoms with E-state index < -0.39 is 24.3 Å². The van der Waals surface area contributed by atoms with Crippen LogP contribution in [-0.4, -0.2) is 69.2 Å². The Hall–Kier alpha value is -6.50. The molecule has 2 aliphatic heterocycles. The minimum Gasteiger partial charge on any atom is -0.445 e. The predicted molar refractivity (Wildman–Crippen MR) is 204 cm³/mol. The number of carbonyl (C=O) groups excluding carboxylic acids is 4. The molecule has 2 aliphatic rings. The lowest BCUT2D eigenvalue weighted by Gasteiger charge is -2.33. The summed E-state index contributed by atoms with van der Waals surface area (Å²) in [7, 11) is 0. The monoisotopic (exact) mass is 742 g/mol. The molecule has 0 bridgehead atoms. The van der Waals surface area contributed by atoms with E-state index in [4.69, 9.17) is 13.9 Å². The van der Waals surface area contributed by atoms with Gasteiger partial charge in [-0.05, 0) is 98.2 Å². The van der Waals surface area contributed by atoms with Gasteiger partial charge in [0.1, 0.15) is 25.3 Å². The van der Waals surface area contributed by atoms with Gasteiger partial charge in [0.05, 0.1) is 0 Å². The molecule has 3 heterocycles. The molecule has 0 radical (unpaired) electrons. The molecule has 4 aromatic carbocycles. The third-order valence-electron chi connectivity index (χ3n) is 9.71. The van der Waals surface area contributed by atoms with Crippen molar-refractivity contribution in [3.8, 4) is 22.9 Å². The molecular weight excluding hydrogens is 700 g/mol. The molecule has 2 fully saturated rings. The van der Waals surface area contributed by atoms with Crippen LogP contribution in [0.4, 0.5) is 21.0 Å². The van der Waals surface area contributed by atoms with Gasteiger partial charge in [0, 0.05) is 35.6 Å². The van der Waals surface area contributed by atoms with E-state index in [1.54, 1.807) is 48.5 Å². The Labute approximate surface area is 318 Å². The number of ether oxygens (including phenoxy) is 2. The van der Waals surface area contributed by atoms with E-state index in [-0.39, 0.29) is 25.0 Å². The van der Waals surface area contributed by atoms with Crippen molar-refractivity contribution in [3.63, 3.8) is 0 Å². The van der Waals surface area contributed by atoms with Gasteiger partial charge in [0.25, 0.3) is 0 Å². The van der Waals surface area contributed by atoms with E-state index in [1.807, 2.05) is 60.7 Å². The van der Waals surface area contributed by atoms with E-state index in [0.29, 0.717) is 60.2 Å². The van der Waals surface area contributed by atoms with Crippen LogP contribution < -0.4 is 10.6 Å². The summed E-state index contributed by atoms with van der Waals surface area (Å²) in [5, 5.41) is 14.3. The maximum absolute atomic E-state index is 13.3. The van der Waals surface area contributed by atoms with Crippen molar-refractivity contribution in [2.24, 2.45) is 0 Å². The zero-order valence-corrected chi connectivity index (χ0v) is 30.3. The summed E-state index contributed by atoms with van der Waals surface area (Å²) in [6, 6.07) is 31.6. The minimum atomic E-state index is -0.633. The number of nitrogens with one attached hydrogen (secondary N) is 2. The summed E-state index contributed by atoms with van der Waals surface area (Å²) < 4.78 is 17.0. The Morgan fingerprint density at radius 1 is 0.564 bits per heavy atom. The Morgan fingerprint density at radius 2 is 0.964 bits per heavy atom. The van der Waals surface area contributed by atoms with Crippen LogP contribution in [0, 0.1) is 0 Å². The Morgan fingerprint density at radius 3 is 1.36 bits per heavy atom. The number of hydrogen-bond donors (Lipinski definition) is 2. The van der Waals surface area contributed by atoms with Gasteiger partial charge < -0.3 is 24.5 Å². The summed E-state index contributed by atoms with van der Waals surface area (Å²) in [5.74, 6) is 0.0327. The van der Waals surface area contributed by atoms with Crippen molar-refractivity contribution in [1.29, 1.82) is 0 Å². The smallest absolute Gasteiger partial charge is 0.410 e. The van der Waals surface area contributed by atoms with Crippen molar-refractivity contribution >= 4 is 35.4 Å². The normalized spacial score (nSPS) is 16.9. The van der Waals surface area contributed by atoms with Crippen LogP contribution in [0.25, 0.3) is 22.9 Å². The highest BCUT2D eigenvalue weighted by Crippen LogP contribution is 2.28. The second-order valence-corrected chi connectivity index (χ2v) is 13.5. The molecule has 2 N–H and O–H groups in total. The number of nitrogens with zero attached hydrogens (tertiary/aromatic N) is 4. The van der Waals surface area contributed by atoms with Gasteiger partial charge in [-0.25, -0.2) is 9.59 Å². The van der Waals surface area contributed by atoms with Gasteiger partial charge in [-0.3, -0.25) is 19.4 Å². The molecule has 0 aliphatic carbocycles. The molecule has 2 saturated heterocycles. The van der Waals surface area contributed by atoms with Gasteiger partial charge in [0.15, 0.2) is 0 Å². The molecular formula is C42H42N6O7. The number of likely N-dealkylation sites (tertiary alicyclic amines) is 2. The lowest BCUT2D eigenvalue weighted by Crippen LogP contribution is -2.50. The standard InChI is InChI=1S/C42H42N6O7/c49-37(35-15-7-9-25-47(35)41(51)53-27-29-11-3-1-4-12-29)43-33-21-17-31(18-22-33)39-45-46-40(55-39)32-19-23-34(24-20-32)44-38(50)36-16-8-10-26-48(36)42(52)54-28-30-13-5-2-6-14-30/h1-6,11-14,17-24,35-36H,7-10,15-16,25-28H2,(H,43,49)(H,44,50)/t35-,36-/m1/s1. The molecule has 5 aromatic rings. The molecule has 0 unspecified atom stereocenters. The third kappa shape index (κ3) is 9.36. The van der Waals surface area contributed by atoms with Crippen LogP contribution in [0.15, 0.2) is 114 Å². The molecule has 13 nitrogen and oxygen atoms in total. The fourth-order valence-corrected chi connectivity index (χ4v) is 6.75. The second kappa shape index (κ2) is 17.5. The molecule has 282 valence electrons. The van der Waals surface area contributed by atoms with Crippen molar-refractivity contribution in [2.75, 3.05) is 23.7 Å². The highest BCUT2D eigenvalue weighted by Gasteiger charge is 2.34. The molecule has 13 heteroatoms. The fourth-order valence-electron chi connectivity index (χ4n) is 6.75. The van der Waals surface area contributed by atoms with Crippen molar-refractivity contribution in [1.82, 2.24) is 20.0 Å².